The van der Waals surface area contributed by atoms with Crippen molar-refractivity contribution >= 4 is 5.91 Å². The third kappa shape index (κ3) is 4.71. The molecular weight excluding hydrogens is 330 g/mol. The largest absolute Gasteiger partial charge is 0.393 e. The molecule has 0 spiro atoms. The molecule has 1 aliphatic heterocycles. The molecule has 0 radical (unpaired) electrons. The highest BCUT2D eigenvalue weighted by atomic mass is 16.5. The van der Waals surface area contributed by atoms with E-state index in [2.05, 4.69) is 41.2 Å². The first-order valence-electron chi connectivity index (χ1n) is 9.24. The molecule has 1 N–H and O–H groups in total. The average Bonchev–Trinajstić information content (AvgIpc) is 3.12. The van der Waals surface area contributed by atoms with Gasteiger partial charge in [-0.25, -0.2) is 0 Å². The maximum atomic E-state index is 12.6. The molecule has 0 saturated carbocycles. The van der Waals surface area contributed by atoms with Gasteiger partial charge in [0, 0.05) is 32.7 Å². The number of likely N-dealkylation sites (tertiary alicyclic amines) is 1. The number of benzene rings is 1. The molecule has 2 heterocycles. The summed E-state index contributed by atoms with van der Waals surface area (Å²) in [6.45, 7) is 4.95. The minimum absolute atomic E-state index is 0.145. The van der Waals surface area contributed by atoms with Crippen molar-refractivity contribution in [2.24, 2.45) is 0 Å². The van der Waals surface area contributed by atoms with Crippen LogP contribution in [0.5, 0.6) is 0 Å². The fourth-order valence-electron chi connectivity index (χ4n) is 3.21. The number of hydrogen-bond donors (Lipinski definition) is 1. The van der Waals surface area contributed by atoms with Crippen molar-refractivity contribution in [1.82, 2.24) is 15.0 Å². The quantitative estimate of drug-likeness (QED) is 0.860. The van der Waals surface area contributed by atoms with Crippen molar-refractivity contribution < 1.29 is 14.4 Å². The molecule has 1 aromatic carbocycles. The molecule has 1 amide bonds. The van der Waals surface area contributed by atoms with Crippen molar-refractivity contribution in [3.8, 4) is 0 Å². The number of aliphatic hydroxyl groups excluding tert-OH is 1. The number of nitrogens with zero attached hydrogens (tertiary/aromatic N) is 3. The Bertz CT molecular complexity index is 718. The zero-order chi connectivity index (χ0) is 18.5. The van der Waals surface area contributed by atoms with Crippen LogP contribution in [0.3, 0.4) is 0 Å². The average molecular weight is 357 g/mol. The van der Waals surface area contributed by atoms with Gasteiger partial charge in [0.2, 0.25) is 0 Å². The molecule has 0 bridgehead atoms. The Morgan fingerprint density at radius 2 is 1.92 bits per heavy atom. The summed E-state index contributed by atoms with van der Waals surface area (Å²) in [7, 11) is 1.77. The molecule has 6 heteroatoms. The predicted octanol–water partition coefficient (Wildman–Crippen LogP) is 2.47. The van der Waals surface area contributed by atoms with E-state index in [1.165, 1.54) is 5.56 Å². The van der Waals surface area contributed by atoms with Gasteiger partial charge in [-0.15, -0.1) is 0 Å². The first kappa shape index (κ1) is 18.6. The van der Waals surface area contributed by atoms with E-state index < -0.39 is 0 Å². The van der Waals surface area contributed by atoms with Crippen LogP contribution in [0.1, 0.15) is 47.1 Å². The summed E-state index contributed by atoms with van der Waals surface area (Å²) in [4.78, 5) is 16.4. The Kier molecular flexibility index (Phi) is 6.06. The Hall–Kier alpha value is -2.18. The molecule has 1 fully saturated rings. The molecule has 1 aliphatic rings. The molecule has 1 aromatic heterocycles. The molecule has 26 heavy (non-hydrogen) atoms. The number of aliphatic hydroxyl groups is 1. The van der Waals surface area contributed by atoms with Crippen molar-refractivity contribution in [3.63, 3.8) is 0 Å². The lowest BCUT2D eigenvalue weighted by Gasteiger charge is -2.28. The van der Waals surface area contributed by atoms with Gasteiger partial charge in [-0.1, -0.05) is 36.3 Å². The smallest absolute Gasteiger partial charge is 0.276 e. The normalized spacial score (nSPS) is 16.0. The first-order valence-corrected chi connectivity index (χ1v) is 9.24. The van der Waals surface area contributed by atoms with E-state index in [0.717, 1.165) is 37.9 Å². The molecule has 2 aromatic rings. The molecule has 0 unspecified atom stereocenters. The van der Waals surface area contributed by atoms with Crippen LogP contribution in [-0.4, -0.2) is 52.2 Å². The van der Waals surface area contributed by atoms with Crippen LogP contribution in [0.2, 0.25) is 0 Å². The van der Waals surface area contributed by atoms with Gasteiger partial charge in [-0.3, -0.25) is 9.69 Å². The van der Waals surface area contributed by atoms with Crippen LogP contribution in [0.25, 0.3) is 0 Å². The number of carbonyl (C=O) groups excluding carboxylic acids is 1. The van der Waals surface area contributed by atoms with Crippen LogP contribution in [0.4, 0.5) is 0 Å². The number of amides is 1. The molecule has 0 aliphatic carbocycles. The van der Waals surface area contributed by atoms with Crippen LogP contribution < -0.4 is 0 Å². The van der Waals surface area contributed by atoms with E-state index in [9.17, 15) is 9.90 Å². The molecular formula is C20H27N3O3. The summed E-state index contributed by atoms with van der Waals surface area (Å²) in [6, 6.07) is 10.0. The van der Waals surface area contributed by atoms with E-state index in [1.807, 2.05) is 0 Å². The van der Waals surface area contributed by atoms with Gasteiger partial charge in [0.25, 0.3) is 5.91 Å². The van der Waals surface area contributed by atoms with E-state index in [1.54, 1.807) is 18.0 Å². The summed E-state index contributed by atoms with van der Waals surface area (Å²) in [5, 5.41) is 13.5. The Morgan fingerprint density at radius 3 is 2.58 bits per heavy atom. The predicted molar refractivity (Wildman–Crippen MR) is 98.6 cm³/mol. The van der Waals surface area contributed by atoms with E-state index in [0.29, 0.717) is 24.5 Å². The lowest BCUT2D eigenvalue weighted by Crippen LogP contribution is -2.35. The number of aromatic nitrogens is 1. The Balaban J connectivity index is 1.56. The van der Waals surface area contributed by atoms with Gasteiger partial charge in [-0.2, -0.15) is 0 Å². The van der Waals surface area contributed by atoms with E-state index in [4.69, 9.17) is 4.52 Å². The highest BCUT2D eigenvalue weighted by Crippen LogP contribution is 2.16. The lowest BCUT2D eigenvalue weighted by molar-refractivity contribution is 0.0743. The fraction of sp³-hybridized carbons (Fsp3) is 0.500. The molecule has 140 valence electrons. The number of hydrogen-bond acceptors (Lipinski definition) is 5. The second-order valence-electron chi connectivity index (χ2n) is 7.02. The van der Waals surface area contributed by atoms with E-state index in [-0.39, 0.29) is 12.0 Å². The molecule has 0 atom stereocenters. The second kappa shape index (κ2) is 8.47. The van der Waals surface area contributed by atoms with Crippen LogP contribution in [0, 0.1) is 0 Å². The van der Waals surface area contributed by atoms with Crippen molar-refractivity contribution in [2.75, 3.05) is 20.1 Å². The number of aryl methyl sites for hydroxylation is 1. The lowest BCUT2D eigenvalue weighted by atomic mass is 10.1. The Labute approximate surface area is 154 Å². The van der Waals surface area contributed by atoms with Gasteiger partial charge in [0.05, 0.1) is 12.6 Å². The maximum absolute atomic E-state index is 12.6. The van der Waals surface area contributed by atoms with Crippen LogP contribution >= 0.6 is 0 Å². The van der Waals surface area contributed by atoms with Crippen molar-refractivity contribution in [2.45, 2.75) is 45.4 Å². The highest BCUT2D eigenvalue weighted by molar-refractivity contribution is 5.92. The number of carbonyl (C=O) groups is 1. The first-order chi connectivity index (χ1) is 12.5. The van der Waals surface area contributed by atoms with E-state index >= 15 is 0 Å². The molecule has 6 nitrogen and oxygen atoms in total. The van der Waals surface area contributed by atoms with Crippen LogP contribution in [0.15, 0.2) is 34.9 Å². The van der Waals surface area contributed by atoms with Crippen molar-refractivity contribution in [3.05, 3.63) is 52.9 Å². The maximum Gasteiger partial charge on any atom is 0.276 e. The monoisotopic (exact) mass is 357 g/mol. The van der Waals surface area contributed by atoms with Crippen molar-refractivity contribution in [1.29, 1.82) is 0 Å². The summed E-state index contributed by atoms with van der Waals surface area (Å²) in [5.74, 6) is 0.541. The highest BCUT2D eigenvalue weighted by Gasteiger charge is 2.21. The van der Waals surface area contributed by atoms with Gasteiger partial charge in [0.1, 0.15) is 0 Å². The summed E-state index contributed by atoms with van der Waals surface area (Å²) in [5.41, 5.74) is 2.72. The van der Waals surface area contributed by atoms with Gasteiger partial charge in [-0.05, 0) is 30.4 Å². The standard InChI is InChI=1S/C20H27N3O3/c1-3-15-4-6-16(7-5-15)13-22(2)20(25)19-12-18(26-21-19)14-23-10-8-17(24)9-11-23/h4-7,12,17,24H,3,8-11,13-14H2,1-2H3. The third-order valence-electron chi connectivity index (χ3n) is 4.91. The zero-order valence-electron chi connectivity index (χ0n) is 15.5. The summed E-state index contributed by atoms with van der Waals surface area (Å²) in [6.07, 6.45) is 2.37. The second-order valence-corrected chi connectivity index (χ2v) is 7.02. The topological polar surface area (TPSA) is 69.8 Å². The third-order valence-corrected chi connectivity index (χ3v) is 4.91. The van der Waals surface area contributed by atoms with Crippen LogP contribution in [-0.2, 0) is 19.5 Å². The minimum Gasteiger partial charge on any atom is -0.393 e. The summed E-state index contributed by atoms with van der Waals surface area (Å²) < 4.78 is 5.34. The van der Waals surface area contributed by atoms with Gasteiger partial charge in [0.15, 0.2) is 11.5 Å². The fourth-order valence-corrected chi connectivity index (χ4v) is 3.21. The zero-order valence-corrected chi connectivity index (χ0v) is 15.5. The summed E-state index contributed by atoms with van der Waals surface area (Å²) >= 11 is 0. The molecule has 1 saturated heterocycles. The minimum atomic E-state index is -0.196. The number of rotatable bonds is 6. The Morgan fingerprint density at radius 1 is 1.27 bits per heavy atom. The SMILES string of the molecule is CCc1ccc(CN(C)C(=O)c2cc(CN3CCC(O)CC3)on2)cc1. The van der Waals surface area contributed by atoms with Gasteiger partial charge >= 0.3 is 0 Å². The van der Waals surface area contributed by atoms with Gasteiger partial charge < -0.3 is 14.5 Å². The molecule has 3 rings (SSSR count). The number of piperidine rings is 1.